The number of nitriles is 1. The fourth-order valence-corrected chi connectivity index (χ4v) is 3.45. The molecule has 0 amide bonds. The zero-order valence-electron chi connectivity index (χ0n) is 9.43. The third-order valence-electron chi connectivity index (χ3n) is 2.26. The summed E-state index contributed by atoms with van der Waals surface area (Å²) in [7, 11) is -3.49. The summed E-state index contributed by atoms with van der Waals surface area (Å²) in [5.74, 6) is 0. The van der Waals surface area contributed by atoms with Crippen LogP contribution in [0.25, 0.3) is 0 Å². The lowest BCUT2D eigenvalue weighted by Crippen LogP contribution is -2.31. The first-order valence-electron chi connectivity index (χ1n) is 5.15. The first-order chi connectivity index (χ1) is 8.02. The van der Waals surface area contributed by atoms with Gasteiger partial charge in [-0.25, -0.2) is 8.42 Å². The van der Waals surface area contributed by atoms with E-state index in [2.05, 4.69) is 15.9 Å². The van der Waals surface area contributed by atoms with Crippen LogP contribution in [0.4, 0.5) is 0 Å². The Hall–Kier alpha value is -0.900. The molecule has 0 aliphatic rings. The molecule has 0 N–H and O–H groups in total. The van der Waals surface area contributed by atoms with Crippen LogP contribution in [-0.2, 0) is 10.0 Å². The molecule has 0 fully saturated rings. The summed E-state index contributed by atoms with van der Waals surface area (Å²) in [5.41, 5.74) is 0. The van der Waals surface area contributed by atoms with E-state index in [1.807, 2.05) is 6.07 Å². The maximum Gasteiger partial charge on any atom is 0.243 e. The van der Waals surface area contributed by atoms with Gasteiger partial charge in [-0.3, -0.25) is 0 Å². The maximum absolute atomic E-state index is 12.2. The Morgan fingerprint density at radius 1 is 1.47 bits per heavy atom. The number of benzene rings is 1. The lowest BCUT2D eigenvalue weighted by Gasteiger charge is -2.19. The van der Waals surface area contributed by atoms with E-state index in [-0.39, 0.29) is 17.9 Å². The third-order valence-corrected chi connectivity index (χ3v) is 4.72. The molecular weight excluding hydrogens is 304 g/mol. The average molecular weight is 317 g/mol. The van der Waals surface area contributed by atoms with E-state index in [1.54, 1.807) is 31.2 Å². The van der Waals surface area contributed by atoms with Crippen LogP contribution in [0.1, 0.15) is 13.3 Å². The molecule has 0 bridgehead atoms. The molecule has 0 aliphatic heterocycles. The molecule has 0 unspecified atom stereocenters. The molecule has 0 saturated heterocycles. The van der Waals surface area contributed by atoms with Crippen molar-refractivity contribution in [2.45, 2.75) is 18.2 Å². The van der Waals surface area contributed by atoms with Gasteiger partial charge in [0.1, 0.15) is 0 Å². The highest BCUT2D eigenvalue weighted by Crippen LogP contribution is 2.19. The van der Waals surface area contributed by atoms with Gasteiger partial charge >= 0.3 is 0 Å². The van der Waals surface area contributed by atoms with E-state index in [1.165, 1.54) is 4.31 Å². The van der Waals surface area contributed by atoms with E-state index in [0.717, 1.165) is 4.47 Å². The van der Waals surface area contributed by atoms with E-state index < -0.39 is 10.0 Å². The minimum Gasteiger partial charge on any atom is -0.207 e. The summed E-state index contributed by atoms with van der Waals surface area (Å²) >= 11 is 3.24. The number of rotatable bonds is 5. The number of halogens is 1. The predicted octanol–water partition coefficient (Wildman–Crippen LogP) is 2.37. The van der Waals surface area contributed by atoms with Crippen LogP contribution in [0.5, 0.6) is 0 Å². The molecule has 0 atom stereocenters. The van der Waals surface area contributed by atoms with Gasteiger partial charge < -0.3 is 0 Å². The molecule has 0 radical (unpaired) electrons. The summed E-state index contributed by atoms with van der Waals surface area (Å²) in [6.45, 7) is 2.34. The van der Waals surface area contributed by atoms with Gasteiger partial charge in [-0.1, -0.05) is 28.9 Å². The van der Waals surface area contributed by atoms with Crippen LogP contribution in [0.3, 0.4) is 0 Å². The summed E-state index contributed by atoms with van der Waals surface area (Å²) in [5, 5.41) is 8.51. The molecule has 0 spiro atoms. The minimum absolute atomic E-state index is 0.196. The number of nitrogens with zero attached hydrogens (tertiary/aromatic N) is 2. The van der Waals surface area contributed by atoms with Crippen molar-refractivity contribution in [2.75, 3.05) is 13.1 Å². The topological polar surface area (TPSA) is 61.2 Å². The van der Waals surface area contributed by atoms with E-state index in [0.29, 0.717) is 6.54 Å². The summed E-state index contributed by atoms with van der Waals surface area (Å²) in [4.78, 5) is 0.242. The molecule has 4 nitrogen and oxygen atoms in total. The normalized spacial score (nSPS) is 11.4. The lowest BCUT2D eigenvalue weighted by atomic mass is 10.4. The van der Waals surface area contributed by atoms with Crippen LogP contribution < -0.4 is 0 Å². The van der Waals surface area contributed by atoms with Crippen LogP contribution in [0.2, 0.25) is 0 Å². The van der Waals surface area contributed by atoms with Gasteiger partial charge in [0.25, 0.3) is 0 Å². The van der Waals surface area contributed by atoms with Crippen LogP contribution in [0.15, 0.2) is 33.6 Å². The van der Waals surface area contributed by atoms with Gasteiger partial charge in [-0.2, -0.15) is 9.57 Å². The van der Waals surface area contributed by atoms with Crippen LogP contribution in [0, 0.1) is 11.3 Å². The van der Waals surface area contributed by atoms with Gasteiger partial charge in [0, 0.05) is 24.0 Å². The maximum atomic E-state index is 12.2. The Bertz CT molecular complexity index is 523. The standard InChI is InChI=1S/C11H13BrN2O2S/c1-2-14(8-4-7-13)17(15,16)11-6-3-5-10(12)9-11/h3,5-6,9H,2,4,8H2,1H3. The third kappa shape index (κ3) is 3.53. The lowest BCUT2D eigenvalue weighted by molar-refractivity contribution is 0.435. The Kier molecular flexibility index (Phi) is 5.12. The van der Waals surface area contributed by atoms with Crippen LogP contribution >= 0.6 is 15.9 Å². The van der Waals surface area contributed by atoms with Gasteiger partial charge in [-0.05, 0) is 18.2 Å². The Morgan fingerprint density at radius 2 is 2.18 bits per heavy atom. The quantitative estimate of drug-likeness (QED) is 0.837. The molecular formula is C11H13BrN2O2S. The van der Waals surface area contributed by atoms with Crippen molar-refractivity contribution in [1.82, 2.24) is 4.31 Å². The van der Waals surface area contributed by atoms with Gasteiger partial charge in [0.15, 0.2) is 0 Å². The summed E-state index contributed by atoms with van der Waals surface area (Å²) in [6, 6.07) is 8.51. The second kappa shape index (κ2) is 6.15. The van der Waals surface area contributed by atoms with Crippen molar-refractivity contribution < 1.29 is 8.42 Å². The molecule has 92 valence electrons. The van der Waals surface area contributed by atoms with E-state index in [9.17, 15) is 8.42 Å². The smallest absolute Gasteiger partial charge is 0.207 e. The molecule has 6 heteroatoms. The number of hydrogen-bond acceptors (Lipinski definition) is 3. The summed E-state index contributed by atoms with van der Waals surface area (Å²) < 4.78 is 26.5. The van der Waals surface area contributed by atoms with E-state index in [4.69, 9.17) is 5.26 Å². The Morgan fingerprint density at radius 3 is 2.71 bits per heavy atom. The second-order valence-electron chi connectivity index (χ2n) is 3.36. The molecule has 17 heavy (non-hydrogen) atoms. The SMILES string of the molecule is CCN(CCC#N)S(=O)(=O)c1cccc(Br)c1. The molecule has 1 aromatic carbocycles. The van der Waals surface area contributed by atoms with Crippen molar-refractivity contribution in [1.29, 1.82) is 5.26 Å². The summed E-state index contributed by atoms with van der Waals surface area (Å²) in [6.07, 6.45) is 0.196. The van der Waals surface area contributed by atoms with Crippen molar-refractivity contribution in [2.24, 2.45) is 0 Å². The first-order valence-corrected chi connectivity index (χ1v) is 7.38. The Balaban J connectivity index is 3.05. The molecule has 1 rings (SSSR count). The highest BCUT2D eigenvalue weighted by molar-refractivity contribution is 9.10. The number of hydrogen-bond donors (Lipinski definition) is 0. The van der Waals surface area contributed by atoms with Gasteiger partial charge in [-0.15, -0.1) is 0 Å². The molecule has 1 aromatic rings. The molecule has 0 heterocycles. The van der Waals surface area contributed by atoms with E-state index >= 15 is 0 Å². The van der Waals surface area contributed by atoms with Crippen molar-refractivity contribution in [3.8, 4) is 6.07 Å². The van der Waals surface area contributed by atoms with Crippen LogP contribution in [-0.4, -0.2) is 25.8 Å². The fourth-order valence-electron chi connectivity index (χ4n) is 1.40. The van der Waals surface area contributed by atoms with Gasteiger partial charge in [0.2, 0.25) is 10.0 Å². The first kappa shape index (κ1) is 14.2. The zero-order valence-corrected chi connectivity index (χ0v) is 11.8. The molecule has 0 saturated carbocycles. The molecule has 0 aliphatic carbocycles. The van der Waals surface area contributed by atoms with Gasteiger partial charge in [0.05, 0.1) is 11.0 Å². The predicted molar refractivity (Wildman–Crippen MR) is 68.8 cm³/mol. The fraction of sp³-hybridized carbons (Fsp3) is 0.364. The zero-order chi connectivity index (χ0) is 12.9. The van der Waals surface area contributed by atoms with Crippen molar-refractivity contribution in [3.63, 3.8) is 0 Å². The highest BCUT2D eigenvalue weighted by Gasteiger charge is 2.22. The van der Waals surface area contributed by atoms with Crippen molar-refractivity contribution in [3.05, 3.63) is 28.7 Å². The average Bonchev–Trinajstić information content (AvgIpc) is 2.30. The highest BCUT2D eigenvalue weighted by atomic mass is 79.9. The monoisotopic (exact) mass is 316 g/mol. The minimum atomic E-state index is -3.49. The van der Waals surface area contributed by atoms with Crippen molar-refractivity contribution >= 4 is 26.0 Å². The molecule has 0 aromatic heterocycles. The largest absolute Gasteiger partial charge is 0.243 e. The second-order valence-corrected chi connectivity index (χ2v) is 6.22. The number of sulfonamides is 1. The Labute approximate surface area is 110 Å².